The van der Waals surface area contributed by atoms with E-state index >= 15 is 0 Å². The number of hydrogen-bond acceptors (Lipinski definition) is 4. The lowest BCUT2D eigenvalue weighted by atomic mass is 10.0. The maximum atomic E-state index is 4.08. The van der Waals surface area contributed by atoms with Crippen LogP contribution in [0.2, 0.25) is 0 Å². The second kappa shape index (κ2) is 2.79. The van der Waals surface area contributed by atoms with Gasteiger partial charge in [0, 0.05) is 5.39 Å². The maximum Gasteiger partial charge on any atom is 0.166 e. The Hall–Kier alpha value is -1.03. The topological polar surface area (TPSA) is 38.7 Å². The minimum Gasteiger partial charge on any atom is -0.198 e. The molecule has 4 heteroatoms. The van der Waals surface area contributed by atoms with E-state index in [1.165, 1.54) is 17.1 Å². The van der Waals surface area contributed by atoms with Gasteiger partial charge in [-0.2, -0.15) is 9.47 Å². The van der Waals surface area contributed by atoms with Crippen LogP contribution in [0.3, 0.4) is 0 Å². The molecule has 0 saturated carbocycles. The predicted molar refractivity (Wildman–Crippen MR) is 49.3 cm³/mol. The lowest BCUT2D eigenvalue weighted by Gasteiger charge is -2.03. The Morgan fingerprint density at radius 1 is 1.33 bits per heavy atom. The number of aromatic nitrogens is 3. The molecule has 0 N–H and O–H groups in total. The molecule has 12 heavy (non-hydrogen) atoms. The molecule has 2 aromatic rings. The number of fused-ring (bicyclic) bond motifs is 1. The zero-order chi connectivity index (χ0) is 8.55. The normalized spacial score (nSPS) is 11.2. The fourth-order valence-corrected chi connectivity index (χ4v) is 1.79. The molecular formula is C8H9N3S. The summed E-state index contributed by atoms with van der Waals surface area (Å²) < 4.78 is 4.08. The molecule has 62 valence electrons. The molecule has 0 aliphatic rings. The highest BCUT2D eigenvalue weighted by Gasteiger charge is 2.07. The average molecular weight is 179 g/mol. The first-order valence-corrected chi connectivity index (χ1v) is 4.62. The third-order valence-corrected chi connectivity index (χ3v) is 2.52. The molecule has 0 aliphatic carbocycles. The summed E-state index contributed by atoms with van der Waals surface area (Å²) in [5.74, 6) is 0.486. The van der Waals surface area contributed by atoms with Crippen molar-refractivity contribution in [3.8, 4) is 0 Å². The SMILES string of the molecule is CC(C)c1cnnc2sncc12. The van der Waals surface area contributed by atoms with E-state index in [9.17, 15) is 0 Å². The van der Waals surface area contributed by atoms with E-state index in [1.54, 1.807) is 0 Å². The fraction of sp³-hybridized carbons (Fsp3) is 0.375. The van der Waals surface area contributed by atoms with Gasteiger partial charge in [-0.05, 0) is 23.0 Å². The van der Waals surface area contributed by atoms with Crippen molar-refractivity contribution >= 4 is 21.7 Å². The highest BCUT2D eigenvalue weighted by molar-refractivity contribution is 7.12. The van der Waals surface area contributed by atoms with Crippen molar-refractivity contribution in [3.05, 3.63) is 18.0 Å². The van der Waals surface area contributed by atoms with E-state index in [-0.39, 0.29) is 0 Å². The average Bonchev–Trinajstić information content (AvgIpc) is 2.49. The van der Waals surface area contributed by atoms with Gasteiger partial charge in [0.2, 0.25) is 0 Å². The summed E-state index contributed by atoms with van der Waals surface area (Å²) in [7, 11) is 0. The molecule has 0 radical (unpaired) electrons. The van der Waals surface area contributed by atoms with Gasteiger partial charge in [0.05, 0.1) is 12.4 Å². The van der Waals surface area contributed by atoms with Crippen LogP contribution in [0, 0.1) is 0 Å². The molecule has 0 unspecified atom stereocenters. The van der Waals surface area contributed by atoms with E-state index in [0.717, 1.165) is 10.2 Å². The Morgan fingerprint density at radius 2 is 2.17 bits per heavy atom. The highest BCUT2D eigenvalue weighted by atomic mass is 32.1. The summed E-state index contributed by atoms with van der Waals surface area (Å²) in [5, 5.41) is 9.06. The number of rotatable bonds is 1. The lowest BCUT2D eigenvalue weighted by Crippen LogP contribution is -1.90. The minimum absolute atomic E-state index is 0.486. The summed E-state index contributed by atoms with van der Waals surface area (Å²) in [4.78, 5) is 0.932. The van der Waals surface area contributed by atoms with Crippen molar-refractivity contribution < 1.29 is 0 Å². The number of hydrogen-bond donors (Lipinski definition) is 0. The third-order valence-electron chi connectivity index (χ3n) is 1.83. The summed E-state index contributed by atoms with van der Waals surface area (Å²) in [5.41, 5.74) is 1.23. The van der Waals surface area contributed by atoms with Crippen molar-refractivity contribution in [1.29, 1.82) is 0 Å². The molecular weight excluding hydrogens is 170 g/mol. The Labute approximate surface area is 74.6 Å². The van der Waals surface area contributed by atoms with Crippen molar-refractivity contribution in [3.63, 3.8) is 0 Å². The van der Waals surface area contributed by atoms with E-state index in [2.05, 4.69) is 28.4 Å². The quantitative estimate of drug-likeness (QED) is 0.673. The molecule has 2 heterocycles. The standard InChI is InChI=1S/C8H9N3S/c1-5(2)6-3-9-11-8-7(6)4-10-12-8/h3-5H,1-2H3. The maximum absolute atomic E-state index is 4.08. The predicted octanol–water partition coefficient (Wildman–Crippen LogP) is 2.21. The van der Waals surface area contributed by atoms with Crippen LogP contribution in [-0.4, -0.2) is 14.6 Å². The van der Waals surface area contributed by atoms with Crippen LogP contribution in [-0.2, 0) is 0 Å². The van der Waals surface area contributed by atoms with Gasteiger partial charge >= 0.3 is 0 Å². The third kappa shape index (κ3) is 1.08. The number of nitrogens with zero attached hydrogens (tertiary/aromatic N) is 3. The molecule has 0 aromatic carbocycles. The zero-order valence-corrected chi connectivity index (χ0v) is 7.80. The highest BCUT2D eigenvalue weighted by Crippen LogP contribution is 2.24. The van der Waals surface area contributed by atoms with E-state index in [0.29, 0.717) is 5.92 Å². The zero-order valence-electron chi connectivity index (χ0n) is 6.98. The van der Waals surface area contributed by atoms with Crippen LogP contribution in [0.5, 0.6) is 0 Å². The Kier molecular flexibility index (Phi) is 1.77. The molecule has 0 fully saturated rings. The van der Waals surface area contributed by atoms with Gasteiger partial charge < -0.3 is 0 Å². The molecule has 0 aliphatic heterocycles. The van der Waals surface area contributed by atoms with Gasteiger partial charge in [-0.3, -0.25) is 0 Å². The molecule has 3 nitrogen and oxygen atoms in total. The van der Waals surface area contributed by atoms with Crippen molar-refractivity contribution in [2.75, 3.05) is 0 Å². The largest absolute Gasteiger partial charge is 0.198 e. The molecule has 2 aromatic heterocycles. The summed E-state index contributed by atoms with van der Waals surface area (Å²) in [6, 6.07) is 0. The monoisotopic (exact) mass is 179 g/mol. The molecule has 2 rings (SSSR count). The second-order valence-electron chi connectivity index (χ2n) is 3.00. The van der Waals surface area contributed by atoms with Gasteiger partial charge in [-0.15, -0.1) is 5.10 Å². The van der Waals surface area contributed by atoms with Gasteiger partial charge in [-0.1, -0.05) is 13.8 Å². The Bertz CT molecular complexity index is 394. The van der Waals surface area contributed by atoms with Crippen LogP contribution in [0.4, 0.5) is 0 Å². The second-order valence-corrected chi connectivity index (χ2v) is 3.78. The van der Waals surface area contributed by atoms with Gasteiger partial charge in [0.1, 0.15) is 0 Å². The van der Waals surface area contributed by atoms with E-state index in [4.69, 9.17) is 0 Å². The smallest absolute Gasteiger partial charge is 0.166 e. The van der Waals surface area contributed by atoms with Gasteiger partial charge in [-0.25, -0.2) is 0 Å². The van der Waals surface area contributed by atoms with Crippen LogP contribution in [0.15, 0.2) is 12.4 Å². The van der Waals surface area contributed by atoms with E-state index < -0.39 is 0 Å². The van der Waals surface area contributed by atoms with E-state index in [1.807, 2.05) is 12.4 Å². The first-order valence-electron chi connectivity index (χ1n) is 3.85. The van der Waals surface area contributed by atoms with Crippen LogP contribution in [0.1, 0.15) is 25.3 Å². The Morgan fingerprint density at radius 3 is 2.92 bits per heavy atom. The van der Waals surface area contributed by atoms with Crippen LogP contribution < -0.4 is 0 Å². The first-order chi connectivity index (χ1) is 5.79. The van der Waals surface area contributed by atoms with Gasteiger partial charge in [0.25, 0.3) is 0 Å². The van der Waals surface area contributed by atoms with Crippen molar-refractivity contribution in [1.82, 2.24) is 14.6 Å². The lowest BCUT2D eigenvalue weighted by molar-refractivity contribution is 0.859. The summed E-state index contributed by atoms with van der Waals surface area (Å²) >= 11 is 1.40. The summed E-state index contributed by atoms with van der Waals surface area (Å²) in [6.07, 6.45) is 3.69. The van der Waals surface area contributed by atoms with Gasteiger partial charge in [0.15, 0.2) is 4.83 Å². The molecule has 0 amide bonds. The van der Waals surface area contributed by atoms with Crippen molar-refractivity contribution in [2.45, 2.75) is 19.8 Å². The molecule has 0 bridgehead atoms. The molecule has 0 spiro atoms. The Balaban J connectivity index is 2.73. The fourth-order valence-electron chi connectivity index (χ4n) is 1.18. The first kappa shape index (κ1) is 7.61. The molecule has 0 atom stereocenters. The summed E-state index contributed by atoms with van der Waals surface area (Å²) in [6.45, 7) is 4.29. The minimum atomic E-state index is 0.486. The van der Waals surface area contributed by atoms with Crippen LogP contribution >= 0.6 is 11.5 Å². The van der Waals surface area contributed by atoms with Crippen molar-refractivity contribution in [2.24, 2.45) is 0 Å². The van der Waals surface area contributed by atoms with Crippen LogP contribution in [0.25, 0.3) is 10.2 Å². The molecule has 0 saturated heterocycles.